The molecule has 18 heavy (non-hydrogen) atoms. The number of oxazole rings is 1. The van der Waals surface area contributed by atoms with Crippen LogP contribution in [-0.2, 0) is 0 Å². The van der Waals surface area contributed by atoms with Gasteiger partial charge in [0.15, 0.2) is 12.1 Å². The Bertz CT molecular complexity index is 549. The summed E-state index contributed by atoms with van der Waals surface area (Å²) in [5.41, 5.74) is 0.415. The summed E-state index contributed by atoms with van der Waals surface area (Å²) in [5, 5.41) is 2.94. The molecule has 1 aliphatic heterocycles. The number of hydrogen-bond acceptors (Lipinski definition) is 5. The number of aryl methyl sites for hydroxylation is 1. The van der Waals surface area contributed by atoms with E-state index >= 15 is 0 Å². The van der Waals surface area contributed by atoms with E-state index in [9.17, 15) is 4.79 Å². The van der Waals surface area contributed by atoms with Crippen molar-refractivity contribution >= 4 is 17.2 Å². The average Bonchev–Trinajstić information content (AvgIpc) is 3.09. The lowest BCUT2D eigenvalue weighted by molar-refractivity contribution is 0.0728. The van der Waals surface area contributed by atoms with E-state index in [1.807, 2.05) is 10.3 Å². The summed E-state index contributed by atoms with van der Waals surface area (Å²) in [6, 6.07) is 0.0913. The number of aromatic nitrogens is 2. The van der Waals surface area contributed by atoms with Gasteiger partial charge in [0.05, 0.1) is 6.04 Å². The van der Waals surface area contributed by atoms with Gasteiger partial charge in [0.1, 0.15) is 10.8 Å². The molecule has 0 bridgehead atoms. The van der Waals surface area contributed by atoms with Crippen molar-refractivity contribution in [3.8, 4) is 0 Å². The first-order valence-corrected chi connectivity index (χ1v) is 6.76. The van der Waals surface area contributed by atoms with Crippen LogP contribution in [0.25, 0.3) is 0 Å². The van der Waals surface area contributed by atoms with E-state index in [0.29, 0.717) is 11.5 Å². The van der Waals surface area contributed by atoms with Crippen molar-refractivity contribution in [3.63, 3.8) is 0 Å². The number of carbonyl (C=O) groups excluding carboxylic acids is 1. The van der Waals surface area contributed by atoms with Gasteiger partial charge in [-0.1, -0.05) is 0 Å². The molecule has 3 heterocycles. The second kappa shape index (κ2) is 4.53. The van der Waals surface area contributed by atoms with Gasteiger partial charge in [-0.2, -0.15) is 0 Å². The van der Waals surface area contributed by atoms with Gasteiger partial charge in [0.2, 0.25) is 0 Å². The second-order valence-corrected chi connectivity index (χ2v) is 5.21. The highest BCUT2D eigenvalue weighted by Gasteiger charge is 2.33. The highest BCUT2D eigenvalue weighted by Crippen LogP contribution is 2.34. The van der Waals surface area contributed by atoms with Gasteiger partial charge < -0.3 is 9.32 Å². The number of thiazole rings is 1. The third kappa shape index (κ3) is 1.82. The minimum Gasteiger partial charge on any atom is -0.448 e. The van der Waals surface area contributed by atoms with Crippen LogP contribution in [0.15, 0.2) is 22.4 Å². The van der Waals surface area contributed by atoms with Gasteiger partial charge in [-0.3, -0.25) is 4.79 Å². The van der Waals surface area contributed by atoms with Gasteiger partial charge in [-0.05, 0) is 19.8 Å². The first-order chi connectivity index (χ1) is 8.77. The summed E-state index contributed by atoms with van der Waals surface area (Å²) in [4.78, 5) is 22.6. The molecule has 0 aliphatic carbocycles. The fourth-order valence-electron chi connectivity index (χ4n) is 2.31. The third-order valence-electron chi connectivity index (χ3n) is 3.20. The summed E-state index contributed by atoms with van der Waals surface area (Å²) in [5.74, 6) is 0.517. The number of hydrogen-bond donors (Lipinski definition) is 0. The van der Waals surface area contributed by atoms with Crippen molar-refractivity contribution in [2.75, 3.05) is 6.54 Å². The number of nitrogens with zero attached hydrogens (tertiary/aromatic N) is 3. The Labute approximate surface area is 108 Å². The molecule has 94 valence electrons. The maximum atomic E-state index is 12.4. The third-order valence-corrected chi connectivity index (χ3v) is 4.07. The van der Waals surface area contributed by atoms with E-state index in [1.54, 1.807) is 24.5 Å². The van der Waals surface area contributed by atoms with Crippen molar-refractivity contribution in [2.45, 2.75) is 25.8 Å². The van der Waals surface area contributed by atoms with Gasteiger partial charge in [0.25, 0.3) is 5.91 Å². The lowest BCUT2D eigenvalue weighted by atomic mass is 10.2. The molecule has 6 heteroatoms. The topological polar surface area (TPSA) is 59.2 Å². The van der Waals surface area contributed by atoms with Crippen molar-refractivity contribution in [1.82, 2.24) is 14.9 Å². The molecular formula is C12H13N3O2S. The van der Waals surface area contributed by atoms with E-state index in [-0.39, 0.29) is 11.9 Å². The van der Waals surface area contributed by atoms with Crippen molar-refractivity contribution in [1.29, 1.82) is 0 Å². The van der Waals surface area contributed by atoms with Crippen LogP contribution in [0.2, 0.25) is 0 Å². The van der Waals surface area contributed by atoms with Crippen LogP contribution in [-0.4, -0.2) is 27.3 Å². The molecule has 0 spiro atoms. The van der Waals surface area contributed by atoms with E-state index in [1.165, 1.54) is 6.39 Å². The van der Waals surface area contributed by atoms with Gasteiger partial charge in [-0.25, -0.2) is 9.97 Å². The minimum absolute atomic E-state index is 0.0565. The van der Waals surface area contributed by atoms with Crippen molar-refractivity contribution in [3.05, 3.63) is 34.4 Å². The molecule has 1 aliphatic rings. The summed E-state index contributed by atoms with van der Waals surface area (Å²) < 4.78 is 5.10. The number of amides is 1. The highest BCUT2D eigenvalue weighted by atomic mass is 32.1. The minimum atomic E-state index is -0.0565. The van der Waals surface area contributed by atoms with E-state index in [0.717, 1.165) is 24.4 Å². The summed E-state index contributed by atoms with van der Waals surface area (Å²) >= 11 is 1.59. The largest absolute Gasteiger partial charge is 0.448 e. The van der Waals surface area contributed by atoms with Crippen LogP contribution >= 0.6 is 11.3 Å². The molecule has 0 radical (unpaired) electrons. The Morgan fingerprint density at radius 2 is 2.44 bits per heavy atom. The van der Waals surface area contributed by atoms with E-state index in [4.69, 9.17) is 4.42 Å². The monoisotopic (exact) mass is 263 g/mol. The van der Waals surface area contributed by atoms with Crippen molar-refractivity contribution < 1.29 is 9.21 Å². The standard InChI is InChI=1S/C12H13N3O2S/c1-8-10(14-7-17-8)12(16)15-5-2-3-9(15)11-13-4-6-18-11/h4,6-7,9H,2-3,5H2,1H3/t9-/m1/s1. The first kappa shape index (κ1) is 11.4. The van der Waals surface area contributed by atoms with Crippen LogP contribution in [0.5, 0.6) is 0 Å². The smallest absolute Gasteiger partial charge is 0.276 e. The van der Waals surface area contributed by atoms with E-state index < -0.39 is 0 Å². The molecule has 2 aromatic rings. The molecule has 0 unspecified atom stereocenters. The predicted octanol–water partition coefficient (Wildman–Crippen LogP) is 2.42. The average molecular weight is 263 g/mol. The van der Waals surface area contributed by atoms with Gasteiger partial charge >= 0.3 is 0 Å². The van der Waals surface area contributed by atoms with Crippen LogP contribution in [0.4, 0.5) is 0 Å². The fourth-order valence-corrected chi connectivity index (χ4v) is 3.10. The van der Waals surface area contributed by atoms with Crippen LogP contribution < -0.4 is 0 Å². The van der Waals surface area contributed by atoms with Crippen LogP contribution in [0.3, 0.4) is 0 Å². The molecule has 1 saturated heterocycles. The molecule has 5 nitrogen and oxygen atoms in total. The molecule has 0 aromatic carbocycles. The van der Waals surface area contributed by atoms with Gasteiger partial charge in [0, 0.05) is 18.1 Å². The SMILES string of the molecule is Cc1ocnc1C(=O)N1CCC[C@@H]1c1nccs1. The molecule has 3 rings (SSSR count). The lowest BCUT2D eigenvalue weighted by Crippen LogP contribution is -2.31. The van der Waals surface area contributed by atoms with E-state index in [2.05, 4.69) is 9.97 Å². The molecular weight excluding hydrogens is 250 g/mol. The number of carbonyl (C=O) groups is 1. The lowest BCUT2D eigenvalue weighted by Gasteiger charge is -2.22. The Kier molecular flexibility index (Phi) is 2.87. The molecule has 1 amide bonds. The summed E-state index contributed by atoms with van der Waals surface area (Å²) in [6.07, 6.45) is 5.07. The Hall–Kier alpha value is -1.69. The predicted molar refractivity (Wildman–Crippen MR) is 66.4 cm³/mol. The van der Waals surface area contributed by atoms with Crippen molar-refractivity contribution in [2.24, 2.45) is 0 Å². The maximum Gasteiger partial charge on any atom is 0.276 e. The summed E-state index contributed by atoms with van der Waals surface area (Å²) in [6.45, 7) is 2.52. The normalized spacial score (nSPS) is 19.4. The zero-order valence-electron chi connectivity index (χ0n) is 10.00. The van der Waals surface area contributed by atoms with Crippen LogP contribution in [0.1, 0.15) is 40.1 Å². The maximum absolute atomic E-state index is 12.4. The number of rotatable bonds is 2. The molecule has 1 atom stereocenters. The first-order valence-electron chi connectivity index (χ1n) is 5.88. The molecule has 1 fully saturated rings. The zero-order chi connectivity index (χ0) is 12.5. The Balaban J connectivity index is 1.88. The quantitative estimate of drug-likeness (QED) is 0.835. The molecule has 0 N–H and O–H groups in total. The summed E-state index contributed by atoms with van der Waals surface area (Å²) in [7, 11) is 0. The zero-order valence-corrected chi connectivity index (χ0v) is 10.8. The highest BCUT2D eigenvalue weighted by molar-refractivity contribution is 7.09. The second-order valence-electron chi connectivity index (χ2n) is 4.28. The fraction of sp³-hybridized carbons (Fsp3) is 0.417. The molecule has 2 aromatic heterocycles. The Morgan fingerprint density at radius 3 is 3.11 bits per heavy atom. The molecule has 0 saturated carbocycles. The number of likely N-dealkylation sites (tertiary alicyclic amines) is 1. The van der Waals surface area contributed by atoms with Gasteiger partial charge in [-0.15, -0.1) is 11.3 Å². The Morgan fingerprint density at radius 1 is 1.56 bits per heavy atom. The van der Waals surface area contributed by atoms with Crippen LogP contribution in [0, 0.1) is 6.92 Å².